The van der Waals surface area contributed by atoms with Crippen LogP contribution < -0.4 is 5.32 Å². The van der Waals surface area contributed by atoms with Crippen LogP contribution in [-0.2, 0) is 5.41 Å². The zero-order valence-electron chi connectivity index (χ0n) is 19.1. The molecule has 0 aliphatic heterocycles. The van der Waals surface area contributed by atoms with Gasteiger partial charge in [-0.05, 0) is 113 Å². The van der Waals surface area contributed by atoms with Crippen LogP contribution in [0.2, 0.25) is 0 Å². The van der Waals surface area contributed by atoms with Gasteiger partial charge in [0, 0.05) is 11.4 Å². The van der Waals surface area contributed by atoms with Gasteiger partial charge in [0.15, 0.2) is 0 Å². The number of benzene rings is 4. The predicted octanol–water partition coefficient (Wildman–Crippen LogP) is 8.72. The second kappa shape index (κ2) is 7.48. The van der Waals surface area contributed by atoms with Crippen LogP contribution in [0.25, 0.3) is 21.9 Å². The molecule has 1 nitrogen and oxygen atoms in total. The standard InChI is InChI=1S/C32H31N/c1-2-6-30-25(4-1)5-3-7-31(30)26-8-12-28(13-9-26)33-29-14-10-27(11-15-29)32-19-22-16-23(20-32)18-24(17-22)21-32/h1-15,22-24,33H,16-21H2. The average molecular weight is 430 g/mol. The summed E-state index contributed by atoms with van der Waals surface area (Å²) in [6.07, 6.45) is 8.82. The summed E-state index contributed by atoms with van der Waals surface area (Å²) in [5, 5.41) is 6.22. The first-order valence-electron chi connectivity index (χ1n) is 12.7. The van der Waals surface area contributed by atoms with E-state index in [0.717, 1.165) is 23.4 Å². The van der Waals surface area contributed by atoms with Crippen molar-refractivity contribution in [1.82, 2.24) is 0 Å². The summed E-state index contributed by atoms with van der Waals surface area (Å²) < 4.78 is 0. The van der Waals surface area contributed by atoms with Crippen LogP contribution in [0.5, 0.6) is 0 Å². The smallest absolute Gasteiger partial charge is 0.0384 e. The zero-order valence-corrected chi connectivity index (χ0v) is 19.1. The molecule has 4 fully saturated rings. The van der Waals surface area contributed by atoms with Crippen LogP contribution in [0, 0.1) is 17.8 Å². The molecule has 8 rings (SSSR count). The Morgan fingerprint density at radius 2 is 1.15 bits per heavy atom. The van der Waals surface area contributed by atoms with Gasteiger partial charge in [-0.3, -0.25) is 0 Å². The van der Waals surface area contributed by atoms with Gasteiger partial charge in [0.1, 0.15) is 0 Å². The van der Waals surface area contributed by atoms with E-state index in [1.54, 1.807) is 5.56 Å². The first kappa shape index (κ1) is 19.4. The molecule has 0 aromatic heterocycles. The lowest BCUT2D eigenvalue weighted by Crippen LogP contribution is -2.48. The summed E-state index contributed by atoms with van der Waals surface area (Å²) in [6.45, 7) is 0. The SMILES string of the molecule is c1ccc2c(-c3ccc(Nc4ccc(C56CC7CC(CC(C7)C5)C6)cc4)cc3)cccc2c1. The van der Waals surface area contributed by atoms with Crippen molar-refractivity contribution in [1.29, 1.82) is 0 Å². The molecule has 0 amide bonds. The van der Waals surface area contributed by atoms with Crippen molar-refractivity contribution in [2.75, 3.05) is 5.32 Å². The number of rotatable bonds is 4. The van der Waals surface area contributed by atoms with E-state index < -0.39 is 0 Å². The highest BCUT2D eigenvalue weighted by Gasteiger charge is 2.51. The Kier molecular flexibility index (Phi) is 4.40. The van der Waals surface area contributed by atoms with Crippen LogP contribution in [0.15, 0.2) is 91.0 Å². The summed E-state index contributed by atoms with van der Waals surface area (Å²) in [7, 11) is 0. The van der Waals surface area contributed by atoms with E-state index in [-0.39, 0.29) is 0 Å². The van der Waals surface area contributed by atoms with Gasteiger partial charge in [-0.2, -0.15) is 0 Å². The van der Waals surface area contributed by atoms with E-state index in [9.17, 15) is 0 Å². The minimum absolute atomic E-state index is 0.480. The van der Waals surface area contributed by atoms with Crippen LogP contribution in [-0.4, -0.2) is 0 Å². The summed E-state index contributed by atoms with van der Waals surface area (Å²) in [4.78, 5) is 0. The maximum Gasteiger partial charge on any atom is 0.0384 e. The topological polar surface area (TPSA) is 12.0 Å². The number of fused-ring (bicyclic) bond motifs is 1. The largest absolute Gasteiger partial charge is 0.356 e. The highest BCUT2D eigenvalue weighted by atomic mass is 14.9. The van der Waals surface area contributed by atoms with Crippen molar-refractivity contribution in [3.8, 4) is 11.1 Å². The zero-order chi connectivity index (χ0) is 21.8. The maximum atomic E-state index is 3.62. The molecule has 33 heavy (non-hydrogen) atoms. The van der Waals surface area contributed by atoms with Crippen LogP contribution >= 0.6 is 0 Å². The van der Waals surface area contributed by atoms with Gasteiger partial charge in [-0.1, -0.05) is 66.7 Å². The molecular formula is C32H31N. The third-order valence-corrected chi connectivity index (χ3v) is 8.81. The number of anilines is 2. The Labute approximate surface area is 196 Å². The molecule has 4 aromatic rings. The van der Waals surface area contributed by atoms with E-state index in [4.69, 9.17) is 0 Å². The van der Waals surface area contributed by atoms with Gasteiger partial charge >= 0.3 is 0 Å². The monoisotopic (exact) mass is 429 g/mol. The lowest BCUT2D eigenvalue weighted by molar-refractivity contribution is -0.00518. The molecule has 0 spiro atoms. The van der Waals surface area contributed by atoms with Crippen LogP contribution in [0.4, 0.5) is 11.4 Å². The number of hydrogen-bond donors (Lipinski definition) is 1. The van der Waals surface area contributed by atoms with E-state index in [1.165, 1.54) is 66.1 Å². The second-order valence-corrected chi connectivity index (χ2v) is 11.0. The molecule has 1 N–H and O–H groups in total. The van der Waals surface area contributed by atoms with Crippen molar-refractivity contribution in [2.45, 2.75) is 43.9 Å². The molecule has 1 heteroatoms. The van der Waals surface area contributed by atoms with Crippen LogP contribution in [0.1, 0.15) is 44.1 Å². The Morgan fingerprint density at radius 3 is 1.82 bits per heavy atom. The molecule has 164 valence electrons. The molecule has 0 radical (unpaired) electrons. The van der Waals surface area contributed by atoms with Crippen molar-refractivity contribution >= 4 is 22.1 Å². The average Bonchev–Trinajstić information content (AvgIpc) is 2.84. The molecule has 4 aliphatic carbocycles. The number of nitrogens with one attached hydrogen (secondary N) is 1. The quantitative estimate of drug-likeness (QED) is 0.342. The van der Waals surface area contributed by atoms with E-state index >= 15 is 0 Å². The molecule has 0 saturated heterocycles. The lowest BCUT2D eigenvalue weighted by atomic mass is 9.48. The molecule has 4 bridgehead atoms. The first-order chi connectivity index (χ1) is 16.2. The Hall–Kier alpha value is -3.06. The van der Waals surface area contributed by atoms with Crippen molar-refractivity contribution < 1.29 is 0 Å². The van der Waals surface area contributed by atoms with Gasteiger partial charge in [0.05, 0.1) is 0 Å². The molecule has 0 heterocycles. The highest BCUT2D eigenvalue weighted by Crippen LogP contribution is 2.60. The van der Waals surface area contributed by atoms with Crippen molar-refractivity contribution in [3.05, 3.63) is 96.6 Å². The molecule has 0 unspecified atom stereocenters. The predicted molar refractivity (Wildman–Crippen MR) is 139 cm³/mol. The van der Waals surface area contributed by atoms with Gasteiger partial charge in [-0.15, -0.1) is 0 Å². The summed E-state index contributed by atoms with van der Waals surface area (Å²) >= 11 is 0. The fraction of sp³-hybridized carbons (Fsp3) is 0.312. The molecule has 4 saturated carbocycles. The number of hydrogen-bond acceptors (Lipinski definition) is 1. The minimum atomic E-state index is 0.480. The van der Waals surface area contributed by atoms with E-state index in [2.05, 4.69) is 96.3 Å². The van der Waals surface area contributed by atoms with Gasteiger partial charge in [0.2, 0.25) is 0 Å². The Balaban J connectivity index is 1.10. The van der Waals surface area contributed by atoms with Gasteiger partial charge in [-0.25, -0.2) is 0 Å². The molecular weight excluding hydrogens is 398 g/mol. The third-order valence-electron chi connectivity index (χ3n) is 8.81. The Morgan fingerprint density at radius 1 is 0.576 bits per heavy atom. The molecule has 4 aliphatic rings. The van der Waals surface area contributed by atoms with Crippen LogP contribution in [0.3, 0.4) is 0 Å². The summed E-state index contributed by atoms with van der Waals surface area (Å²) in [5.41, 5.74) is 6.95. The fourth-order valence-electron chi connectivity index (χ4n) is 7.75. The van der Waals surface area contributed by atoms with E-state index in [0.29, 0.717) is 5.41 Å². The summed E-state index contributed by atoms with van der Waals surface area (Å²) in [5.74, 6) is 2.98. The van der Waals surface area contributed by atoms with Crippen molar-refractivity contribution in [2.24, 2.45) is 17.8 Å². The Bertz CT molecular complexity index is 1260. The minimum Gasteiger partial charge on any atom is -0.356 e. The third kappa shape index (κ3) is 3.37. The van der Waals surface area contributed by atoms with Gasteiger partial charge in [0.25, 0.3) is 0 Å². The highest BCUT2D eigenvalue weighted by molar-refractivity contribution is 5.96. The maximum absolute atomic E-state index is 3.62. The molecule has 4 aromatic carbocycles. The summed E-state index contributed by atoms with van der Waals surface area (Å²) in [6, 6.07) is 33.5. The van der Waals surface area contributed by atoms with E-state index in [1.807, 2.05) is 0 Å². The first-order valence-corrected chi connectivity index (χ1v) is 12.7. The van der Waals surface area contributed by atoms with Gasteiger partial charge < -0.3 is 5.32 Å². The lowest BCUT2D eigenvalue weighted by Gasteiger charge is -2.57. The molecule has 0 atom stereocenters. The second-order valence-electron chi connectivity index (χ2n) is 11.0. The fourth-order valence-corrected chi connectivity index (χ4v) is 7.75. The normalized spacial score (nSPS) is 27.7. The van der Waals surface area contributed by atoms with Crippen molar-refractivity contribution in [3.63, 3.8) is 0 Å².